The number of hydrogen-bond acceptors (Lipinski definition) is 6. The number of aromatic nitrogens is 1. The molecule has 0 saturated carbocycles. The zero-order valence-electron chi connectivity index (χ0n) is 16.6. The molecule has 0 aliphatic heterocycles. The quantitative estimate of drug-likeness (QED) is 0.417. The molecule has 0 unspecified atom stereocenters. The smallest absolute Gasteiger partial charge is 0.282 e. The third-order valence-corrected chi connectivity index (χ3v) is 5.98. The molecule has 3 aromatic rings. The lowest BCUT2D eigenvalue weighted by atomic mass is 10.1. The van der Waals surface area contributed by atoms with Gasteiger partial charge in [0.05, 0.1) is 15.1 Å². The van der Waals surface area contributed by atoms with Crippen molar-refractivity contribution in [1.29, 1.82) is 0 Å². The summed E-state index contributed by atoms with van der Waals surface area (Å²) in [6.45, 7) is 4.93. The first-order chi connectivity index (χ1) is 13.7. The Morgan fingerprint density at radius 3 is 2.59 bits per heavy atom. The molecule has 3 rings (SSSR count). The van der Waals surface area contributed by atoms with E-state index in [0.717, 1.165) is 21.3 Å². The number of nitrogens with zero attached hydrogens (tertiary/aromatic N) is 4. The van der Waals surface area contributed by atoms with Gasteiger partial charge in [-0.3, -0.25) is 19.8 Å². The van der Waals surface area contributed by atoms with Crippen molar-refractivity contribution in [3.05, 3.63) is 62.2 Å². The number of aryl methyl sites for hydroxylation is 2. The number of nitro benzene ring substituents is 1. The van der Waals surface area contributed by atoms with Crippen molar-refractivity contribution in [2.45, 2.75) is 13.8 Å². The molecule has 0 bridgehead atoms. The summed E-state index contributed by atoms with van der Waals surface area (Å²) in [7, 11) is 3.80. The lowest BCUT2D eigenvalue weighted by Crippen LogP contribution is -2.37. The molecule has 9 heteroatoms. The maximum atomic E-state index is 13.4. The van der Waals surface area contributed by atoms with Gasteiger partial charge >= 0.3 is 0 Å². The largest absolute Gasteiger partial charge is 0.308 e. The fraction of sp³-hybridized carbons (Fsp3) is 0.300. The molecule has 0 aliphatic carbocycles. The first-order valence-corrected chi connectivity index (χ1v) is 10.2. The van der Waals surface area contributed by atoms with Gasteiger partial charge in [-0.15, -0.1) is 0 Å². The van der Waals surface area contributed by atoms with Gasteiger partial charge in [0, 0.05) is 24.2 Å². The highest BCUT2D eigenvalue weighted by molar-refractivity contribution is 7.22. The fourth-order valence-corrected chi connectivity index (χ4v) is 4.12. The van der Waals surface area contributed by atoms with Crippen LogP contribution in [0.4, 0.5) is 10.8 Å². The summed E-state index contributed by atoms with van der Waals surface area (Å²) < 4.78 is 0.964. The number of carbonyl (C=O) groups excluding carboxylic acids is 1. The van der Waals surface area contributed by atoms with Crippen LogP contribution in [0.15, 0.2) is 30.3 Å². The molecule has 0 spiro atoms. The van der Waals surface area contributed by atoms with Gasteiger partial charge < -0.3 is 4.90 Å². The highest BCUT2D eigenvalue weighted by atomic mass is 35.5. The van der Waals surface area contributed by atoms with Gasteiger partial charge in [-0.1, -0.05) is 29.0 Å². The lowest BCUT2D eigenvalue weighted by molar-refractivity contribution is -0.385. The average molecular weight is 433 g/mol. The van der Waals surface area contributed by atoms with Crippen molar-refractivity contribution < 1.29 is 9.72 Å². The third-order valence-electron chi connectivity index (χ3n) is 4.71. The normalized spacial score (nSPS) is 11.2. The van der Waals surface area contributed by atoms with E-state index in [4.69, 9.17) is 16.6 Å². The Kier molecular flexibility index (Phi) is 6.16. The van der Waals surface area contributed by atoms with E-state index in [0.29, 0.717) is 18.2 Å². The maximum Gasteiger partial charge on any atom is 0.282 e. The highest BCUT2D eigenvalue weighted by Crippen LogP contribution is 2.34. The Balaban J connectivity index is 2.11. The fourth-order valence-electron chi connectivity index (χ4n) is 2.90. The van der Waals surface area contributed by atoms with Crippen LogP contribution in [0.25, 0.3) is 10.2 Å². The van der Waals surface area contributed by atoms with Gasteiger partial charge in [0.2, 0.25) is 0 Å². The van der Waals surface area contributed by atoms with Crippen molar-refractivity contribution in [2.24, 2.45) is 0 Å². The minimum Gasteiger partial charge on any atom is -0.308 e. The Bertz CT molecular complexity index is 1100. The van der Waals surface area contributed by atoms with Crippen molar-refractivity contribution in [2.75, 3.05) is 32.1 Å². The first-order valence-electron chi connectivity index (χ1n) is 8.96. The monoisotopic (exact) mass is 432 g/mol. The molecule has 0 saturated heterocycles. The number of anilines is 1. The molecule has 29 heavy (non-hydrogen) atoms. The SMILES string of the molecule is Cc1ccc2sc(N(CCN(C)C)C(=O)c3cc(Cl)ccc3[N+](=O)[O-])nc2c1C. The second kappa shape index (κ2) is 8.44. The van der Waals surface area contributed by atoms with Crippen LogP contribution in [0.3, 0.4) is 0 Å². The summed E-state index contributed by atoms with van der Waals surface area (Å²) in [5, 5.41) is 12.2. The summed E-state index contributed by atoms with van der Waals surface area (Å²) in [4.78, 5) is 32.4. The number of hydrogen-bond donors (Lipinski definition) is 0. The van der Waals surface area contributed by atoms with Crippen LogP contribution in [-0.2, 0) is 0 Å². The number of nitro groups is 1. The zero-order valence-corrected chi connectivity index (χ0v) is 18.2. The van der Waals surface area contributed by atoms with E-state index in [-0.39, 0.29) is 16.3 Å². The van der Waals surface area contributed by atoms with Gasteiger partial charge in [0.15, 0.2) is 5.13 Å². The van der Waals surface area contributed by atoms with Crippen LogP contribution >= 0.6 is 22.9 Å². The summed E-state index contributed by atoms with van der Waals surface area (Å²) >= 11 is 7.43. The summed E-state index contributed by atoms with van der Waals surface area (Å²) in [6.07, 6.45) is 0. The topological polar surface area (TPSA) is 79.6 Å². The third kappa shape index (κ3) is 4.39. The van der Waals surface area contributed by atoms with E-state index in [9.17, 15) is 14.9 Å². The Hall–Kier alpha value is -2.55. The predicted octanol–water partition coefficient (Wildman–Crippen LogP) is 4.68. The van der Waals surface area contributed by atoms with Gasteiger partial charge in [0.25, 0.3) is 11.6 Å². The van der Waals surface area contributed by atoms with Crippen LogP contribution < -0.4 is 4.90 Å². The highest BCUT2D eigenvalue weighted by Gasteiger charge is 2.28. The zero-order chi connectivity index (χ0) is 21.3. The second-order valence-electron chi connectivity index (χ2n) is 7.03. The Labute approximate surface area is 177 Å². The van der Waals surface area contributed by atoms with Crippen LogP contribution in [-0.4, -0.2) is 47.9 Å². The number of thiazole rings is 1. The second-order valence-corrected chi connectivity index (χ2v) is 8.47. The Morgan fingerprint density at radius 2 is 1.93 bits per heavy atom. The van der Waals surface area contributed by atoms with Crippen molar-refractivity contribution in [1.82, 2.24) is 9.88 Å². The van der Waals surface area contributed by atoms with E-state index in [1.54, 1.807) is 0 Å². The number of carbonyl (C=O) groups is 1. The molecule has 1 amide bonds. The van der Waals surface area contributed by atoms with Crippen LogP contribution in [0.2, 0.25) is 5.02 Å². The molecule has 1 aromatic heterocycles. The van der Waals surface area contributed by atoms with E-state index in [2.05, 4.69) is 0 Å². The molecule has 0 radical (unpaired) electrons. The van der Waals surface area contributed by atoms with Crippen molar-refractivity contribution in [3.8, 4) is 0 Å². The number of fused-ring (bicyclic) bond motifs is 1. The van der Waals surface area contributed by atoms with Gasteiger partial charge in [-0.25, -0.2) is 4.98 Å². The van der Waals surface area contributed by atoms with E-state index < -0.39 is 10.8 Å². The molecular formula is C20H21ClN4O3S. The summed E-state index contributed by atoms with van der Waals surface area (Å²) in [5.41, 5.74) is 2.69. The van der Waals surface area contributed by atoms with Crippen molar-refractivity contribution >= 4 is 49.9 Å². The molecule has 2 aromatic carbocycles. The molecule has 0 atom stereocenters. The van der Waals surface area contributed by atoms with Crippen LogP contribution in [0, 0.1) is 24.0 Å². The standard InChI is InChI=1S/C20H21ClN4O3S/c1-12-5-8-17-18(13(12)2)22-20(29-17)24(10-9-23(3)4)19(26)15-11-14(21)6-7-16(15)25(27)28/h5-8,11H,9-10H2,1-4H3. The lowest BCUT2D eigenvalue weighted by Gasteiger charge is -2.22. The van der Waals surface area contributed by atoms with Crippen LogP contribution in [0.1, 0.15) is 21.5 Å². The van der Waals surface area contributed by atoms with Crippen molar-refractivity contribution in [3.63, 3.8) is 0 Å². The molecule has 7 nitrogen and oxygen atoms in total. The molecular weight excluding hydrogens is 412 g/mol. The number of benzene rings is 2. The van der Waals surface area contributed by atoms with Gasteiger partial charge in [-0.05, 0) is 57.3 Å². The predicted molar refractivity (Wildman–Crippen MR) is 117 cm³/mol. The molecule has 152 valence electrons. The van der Waals surface area contributed by atoms with Crippen LogP contribution in [0.5, 0.6) is 0 Å². The average Bonchev–Trinajstić information content (AvgIpc) is 3.09. The minimum atomic E-state index is -0.570. The van der Waals surface area contributed by atoms with E-state index >= 15 is 0 Å². The van der Waals surface area contributed by atoms with E-state index in [1.807, 2.05) is 45.0 Å². The molecule has 0 N–H and O–H groups in total. The number of amides is 1. The van der Waals surface area contributed by atoms with Gasteiger partial charge in [0.1, 0.15) is 5.56 Å². The minimum absolute atomic E-state index is 0.0478. The maximum absolute atomic E-state index is 13.4. The molecule has 0 aliphatic rings. The summed E-state index contributed by atoms with van der Waals surface area (Å²) in [6, 6.07) is 8.01. The molecule has 1 heterocycles. The number of likely N-dealkylation sites (N-methyl/N-ethyl adjacent to an activating group) is 1. The number of halogens is 1. The van der Waals surface area contributed by atoms with E-state index in [1.165, 1.54) is 34.4 Å². The Morgan fingerprint density at radius 1 is 1.21 bits per heavy atom. The number of rotatable bonds is 6. The van der Waals surface area contributed by atoms with Gasteiger partial charge in [-0.2, -0.15) is 0 Å². The first kappa shape index (κ1) is 21.2. The molecule has 0 fully saturated rings. The summed E-state index contributed by atoms with van der Waals surface area (Å²) in [5.74, 6) is -0.491.